The Morgan fingerprint density at radius 2 is 2.24 bits per heavy atom. The topological polar surface area (TPSA) is 64.9 Å². The van der Waals surface area contributed by atoms with Gasteiger partial charge in [-0.3, -0.25) is 9.69 Å². The van der Waals surface area contributed by atoms with Gasteiger partial charge in [-0.2, -0.15) is 0 Å². The van der Waals surface area contributed by atoms with E-state index in [4.69, 9.17) is 0 Å². The van der Waals surface area contributed by atoms with Gasteiger partial charge in [-0.15, -0.1) is 0 Å². The third kappa shape index (κ3) is 1.32. The molecular formula is C12H11N3O2. The summed E-state index contributed by atoms with van der Waals surface area (Å²) in [6.45, 7) is 1.48. The summed E-state index contributed by atoms with van der Waals surface area (Å²) in [5.74, 6) is -0.246. The SMILES string of the molecule is CC(O)=C1C=NC2Nc3ccccc3N2C1=O. The van der Waals surface area contributed by atoms with E-state index in [1.54, 1.807) is 4.90 Å². The minimum absolute atomic E-state index is 0.0124. The van der Waals surface area contributed by atoms with Crippen LogP contribution in [0.4, 0.5) is 11.4 Å². The summed E-state index contributed by atoms with van der Waals surface area (Å²) in [6, 6.07) is 7.51. The van der Waals surface area contributed by atoms with E-state index in [2.05, 4.69) is 10.3 Å². The average molecular weight is 229 g/mol. The third-order valence-corrected chi connectivity index (χ3v) is 2.88. The first kappa shape index (κ1) is 9.89. The molecule has 0 aliphatic carbocycles. The summed E-state index contributed by atoms with van der Waals surface area (Å²) in [5.41, 5.74) is 1.90. The van der Waals surface area contributed by atoms with Crippen LogP contribution in [0.3, 0.4) is 0 Å². The van der Waals surface area contributed by atoms with Crippen molar-refractivity contribution in [2.75, 3.05) is 10.2 Å². The van der Waals surface area contributed by atoms with Gasteiger partial charge in [0.05, 0.1) is 16.9 Å². The molecule has 5 heteroatoms. The summed E-state index contributed by atoms with van der Waals surface area (Å²) in [6.07, 6.45) is 1.01. The van der Waals surface area contributed by atoms with Gasteiger partial charge in [-0.1, -0.05) is 12.1 Å². The van der Waals surface area contributed by atoms with Gasteiger partial charge in [0.15, 0.2) is 0 Å². The molecule has 1 atom stereocenters. The molecule has 0 fully saturated rings. The number of fused-ring (bicyclic) bond motifs is 3. The van der Waals surface area contributed by atoms with Crippen LogP contribution in [0.15, 0.2) is 40.6 Å². The molecule has 1 aromatic carbocycles. The second-order valence-electron chi connectivity index (χ2n) is 3.99. The van der Waals surface area contributed by atoms with Crippen LogP contribution in [0, 0.1) is 0 Å². The molecule has 0 bridgehead atoms. The number of aliphatic hydroxyl groups excluding tert-OH is 1. The molecule has 2 aliphatic heterocycles. The van der Waals surface area contributed by atoms with Gasteiger partial charge in [0.1, 0.15) is 5.76 Å². The lowest BCUT2D eigenvalue weighted by Crippen LogP contribution is -2.43. The number of nitrogens with zero attached hydrogens (tertiary/aromatic N) is 2. The lowest BCUT2D eigenvalue weighted by molar-refractivity contribution is -0.115. The van der Waals surface area contributed by atoms with Crippen molar-refractivity contribution in [3.8, 4) is 0 Å². The highest BCUT2D eigenvalue weighted by atomic mass is 16.3. The Hall–Kier alpha value is -2.30. The van der Waals surface area contributed by atoms with Gasteiger partial charge >= 0.3 is 0 Å². The fourth-order valence-electron chi connectivity index (χ4n) is 2.04. The summed E-state index contributed by atoms with van der Waals surface area (Å²) in [4.78, 5) is 17.9. The molecule has 1 amide bonds. The standard InChI is InChI=1S/C12H11N3O2/c1-7(16)8-6-13-12-14-9-4-2-3-5-10(9)15(12)11(8)17/h2-6,12,14,16H,1H3. The average Bonchev–Trinajstić information content (AvgIpc) is 2.67. The van der Waals surface area contributed by atoms with E-state index in [-0.39, 0.29) is 17.2 Å². The van der Waals surface area contributed by atoms with Crippen molar-refractivity contribution >= 4 is 23.5 Å². The molecule has 86 valence electrons. The molecule has 0 saturated heterocycles. The predicted octanol–water partition coefficient (Wildman–Crippen LogP) is 1.65. The Bertz CT molecular complexity index is 559. The van der Waals surface area contributed by atoms with Crippen LogP contribution in [0.25, 0.3) is 0 Å². The van der Waals surface area contributed by atoms with E-state index < -0.39 is 6.29 Å². The number of amides is 1. The number of benzene rings is 1. The van der Waals surface area contributed by atoms with Crippen LogP contribution in [0.5, 0.6) is 0 Å². The summed E-state index contributed by atoms with van der Waals surface area (Å²) in [7, 11) is 0. The number of hydrogen-bond donors (Lipinski definition) is 2. The van der Waals surface area contributed by atoms with Gasteiger partial charge in [0, 0.05) is 6.21 Å². The predicted molar refractivity (Wildman–Crippen MR) is 65.2 cm³/mol. The number of allylic oxidation sites excluding steroid dienone is 1. The molecule has 0 radical (unpaired) electrons. The fourth-order valence-corrected chi connectivity index (χ4v) is 2.04. The van der Waals surface area contributed by atoms with Crippen molar-refractivity contribution in [2.24, 2.45) is 4.99 Å². The van der Waals surface area contributed by atoms with E-state index in [0.29, 0.717) is 0 Å². The smallest absolute Gasteiger partial charge is 0.266 e. The van der Waals surface area contributed by atoms with Crippen molar-refractivity contribution < 1.29 is 9.90 Å². The van der Waals surface area contributed by atoms with Crippen LogP contribution in [0.1, 0.15) is 6.92 Å². The number of carbonyl (C=O) groups excluding carboxylic acids is 1. The van der Waals surface area contributed by atoms with E-state index >= 15 is 0 Å². The van der Waals surface area contributed by atoms with Crippen LogP contribution < -0.4 is 10.2 Å². The third-order valence-electron chi connectivity index (χ3n) is 2.88. The number of para-hydroxylation sites is 2. The highest BCUT2D eigenvalue weighted by molar-refractivity contribution is 6.22. The molecule has 0 aromatic heterocycles. The number of anilines is 2. The van der Waals surface area contributed by atoms with Crippen LogP contribution in [-0.2, 0) is 4.79 Å². The first-order valence-corrected chi connectivity index (χ1v) is 5.30. The zero-order valence-electron chi connectivity index (χ0n) is 9.21. The van der Waals surface area contributed by atoms with Crippen molar-refractivity contribution in [1.29, 1.82) is 0 Å². The fraction of sp³-hybridized carbons (Fsp3) is 0.167. The Morgan fingerprint density at radius 3 is 3.00 bits per heavy atom. The van der Waals surface area contributed by atoms with E-state index in [0.717, 1.165) is 11.4 Å². The van der Waals surface area contributed by atoms with Gasteiger partial charge in [-0.05, 0) is 19.1 Å². The Kier molecular flexibility index (Phi) is 1.95. The van der Waals surface area contributed by atoms with Crippen molar-refractivity contribution in [3.63, 3.8) is 0 Å². The summed E-state index contributed by atoms with van der Waals surface area (Å²) >= 11 is 0. The Morgan fingerprint density at radius 1 is 1.47 bits per heavy atom. The van der Waals surface area contributed by atoms with E-state index in [1.165, 1.54) is 13.1 Å². The van der Waals surface area contributed by atoms with Crippen LogP contribution >= 0.6 is 0 Å². The molecule has 3 rings (SSSR count). The second-order valence-corrected chi connectivity index (χ2v) is 3.99. The lowest BCUT2D eigenvalue weighted by atomic mass is 10.2. The maximum absolute atomic E-state index is 12.2. The highest BCUT2D eigenvalue weighted by Crippen LogP contribution is 2.36. The van der Waals surface area contributed by atoms with Gasteiger partial charge in [0.2, 0.25) is 6.29 Å². The maximum atomic E-state index is 12.2. The molecular weight excluding hydrogens is 218 g/mol. The number of carbonyl (C=O) groups is 1. The first-order valence-electron chi connectivity index (χ1n) is 5.30. The van der Waals surface area contributed by atoms with Crippen molar-refractivity contribution in [1.82, 2.24) is 0 Å². The molecule has 2 aliphatic rings. The normalized spacial score (nSPS) is 24.2. The van der Waals surface area contributed by atoms with E-state index in [9.17, 15) is 9.90 Å². The molecule has 2 N–H and O–H groups in total. The quantitative estimate of drug-likeness (QED) is 0.525. The maximum Gasteiger partial charge on any atom is 0.266 e. The molecule has 2 heterocycles. The number of aliphatic hydroxyl groups is 1. The second kappa shape index (κ2) is 3.35. The Labute approximate surface area is 98.1 Å². The van der Waals surface area contributed by atoms with Gasteiger partial charge in [0.25, 0.3) is 5.91 Å². The largest absolute Gasteiger partial charge is 0.512 e. The van der Waals surface area contributed by atoms with Gasteiger partial charge in [-0.25, -0.2) is 4.99 Å². The first-order chi connectivity index (χ1) is 8.18. The number of nitrogens with one attached hydrogen (secondary N) is 1. The monoisotopic (exact) mass is 229 g/mol. The van der Waals surface area contributed by atoms with Crippen LogP contribution in [-0.4, -0.2) is 23.5 Å². The summed E-state index contributed by atoms with van der Waals surface area (Å²) in [5, 5.41) is 12.6. The zero-order chi connectivity index (χ0) is 12.0. The molecule has 17 heavy (non-hydrogen) atoms. The minimum atomic E-state index is -0.400. The Balaban J connectivity index is 2.13. The van der Waals surface area contributed by atoms with Crippen molar-refractivity contribution in [3.05, 3.63) is 35.6 Å². The highest BCUT2D eigenvalue weighted by Gasteiger charge is 2.37. The van der Waals surface area contributed by atoms with E-state index in [1.807, 2.05) is 24.3 Å². The summed E-state index contributed by atoms with van der Waals surface area (Å²) < 4.78 is 0. The van der Waals surface area contributed by atoms with Crippen LogP contribution in [0.2, 0.25) is 0 Å². The molecule has 5 nitrogen and oxygen atoms in total. The molecule has 1 unspecified atom stereocenters. The lowest BCUT2D eigenvalue weighted by Gasteiger charge is -2.25. The van der Waals surface area contributed by atoms with Crippen molar-refractivity contribution in [2.45, 2.75) is 13.2 Å². The molecule has 0 saturated carbocycles. The number of hydrogen-bond acceptors (Lipinski definition) is 4. The number of aliphatic imine (C=N–C) groups is 1. The molecule has 1 aromatic rings. The molecule has 0 spiro atoms. The zero-order valence-corrected chi connectivity index (χ0v) is 9.21. The minimum Gasteiger partial charge on any atom is -0.512 e. The number of rotatable bonds is 0. The van der Waals surface area contributed by atoms with Gasteiger partial charge < -0.3 is 10.4 Å².